The molecular weight excluding hydrogens is 136 g/mol. The monoisotopic (exact) mass is 156 g/mol. The minimum Gasteiger partial charge on any atom is -0.300 e. The molecule has 11 heavy (non-hydrogen) atoms. The molecule has 0 N–H and O–H groups in total. The Balaban J connectivity index is 3.17. The Morgan fingerprint density at radius 3 is 2.36 bits per heavy atom. The zero-order valence-electron chi connectivity index (χ0n) is 8.02. The van der Waals surface area contributed by atoms with Gasteiger partial charge in [0.1, 0.15) is 5.78 Å². The van der Waals surface area contributed by atoms with Gasteiger partial charge in [-0.15, -0.1) is 0 Å². The first-order valence-corrected chi connectivity index (χ1v) is 4.68. The van der Waals surface area contributed by atoms with Gasteiger partial charge in [-0.25, -0.2) is 0 Å². The summed E-state index contributed by atoms with van der Waals surface area (Å²) in [4.78, 5) is 11.0. The van der Waals surface area contributed by atoms with E-state index in [2.05, 4.69) is 20.8 Å². The molecule has 1 heteroatoms. The van der Waals surface area contributed by atoms with E-state index in [9.17, 15) is 4.79 Å². The average molecular weight is 156 g/mol. The van der Waals surface area contributed by atoms with Gasteiger partial charge >= 0.3 is 0 Å². The summed E-state index contributed by atoms with van der Waals surface area (Å²) >= 11 is 0. The van der Waals surface area contributed by atoms with E-state index in [1.54, 1.807) is 0 Å². The van der Waals surface area contributed by atoms with Crippen molar-refractivity contribution >= 4 is 5.78 Å². The molecule has 0 fully saturated rings. The quantitative estimate of drug-likeness (QED) is 0.577. The largest absolute Gasteiger partial charge is 0.300 e. The standard InChI is InChI=1S/C10H20O/c1-4-6-10(11)8-5-7-9(2)3/h9H,4-8H2,1-3H3. The van der Waals surface area contributed by atoms with Gasteiger partial charge in [-0.1, -0.05) is 27.2 Å². The van der Waals surface area contributed by atoms with Crippen molar-refractivity contribution in [2.24, 2.45) is 5.92 Å². The highest BCUT2D eigenvalue weighted by atomic mass is 16.1. The molecule has 1 nitrogen and oxygen atoms in total. The van der Waals surface area contributed by atoms with Crippen LogP contribution in [0.25, 0.3) is 0 Å². The molecule has 0 heterocycles. The van der Waals surface area contributed by atoms with Gasteiger partial charge in [0, 0.05) is 12.8 Å². The van der Waals surface area contributed by atoms with Gasteiger partial charge in [-0.2, -0.15) is 0 Å². The molecule has 0 atom stereocenters. The van der Waals surface area contributed by atoms with Crippen LogP contribution in [0.4, 0.5) is 0 Å². The Labute approximate surface area is 70.2 Å². The SMILES string of the molecule is CCCC(=O)CCCC(C)C. The summed E-state index contributed by atoms with van der Waals surface area (Å²) in [5.41, 5.74) is 0. The molecule has 0 spiro atoms. The van der Waals surface area contributed by atoms with Gasteiger partial charge in [-0.05, 0) is 18.8 Å². The van der Waals surface area contributed by atoms with Crippen LogP contribution in [0.2, 0.25) is 0 Å². The van der Waals surface area contributed by atoms with E-state index in [0.29, 0.717) is 5.78 Å². The van der Waals surface area contributed by atoms with Gasteiger partial charge in [0.15, 0.2) is 0 Å². The number of carbonyl (C=O) groups excluding carboxylic acids is 1. The summed E-state index contributed by atoms with van der Waals surface area (Å²) in [5, 5.41) is 0. The van der Waals surface area contributed by atoms with Crippen molar-refractivity contribution in [3.63, 3.8) is 0 Å². The van der Waals surface area contributed by atoms with Gasteiger partial charge in [-0.3, -0.25) is 4.79 Å². The molecule has 0 bridgehead atoms. The van der Waals surface area contributed by atoms with Crippen molar-refractivity contribution in [1.29, 1.82) is 0 Å². The maximum atomic E-state index is 11.0. The second-order valence-electron chi connectivity index (χ2n) is 3.57. The van der Waals surface area contributed by atoms with Gasteiger partial charge in [0.05, 0.1) is 0 Å². The molecular formula is C10H20O. The minimum absolute atomic E-state index is 0.438. The van der Waals surface area contributed by atoms with Crippen LogP contribution < -0.4 is 0 Å². The Hall–Kier alpha value is -0.330. The molecule has 0 unspecified atom stereocenters. The third-order valence-corrected chi connectivity index (χ3v) is 1.77. The first kappa shape index (κ1) is 10.7. The number of Topliss-reactive ketones (excluding diaryl/α,β-unsaturated/α-hetero) is 1. The first-order valence-electron chi connectivity index (χ1n) is 4.68. The third kappa shape index (κ3) is 7.57. The Bertz CT molecular complexity index is 105. The normalized spacial score (nSPS) is 10.5. The minimum atomic E-state index is 0.438. The summed E-state index contributed by atoms with van der Waals surface area (Å²) in [5.74, 6) is 1.18. The van der Waals surface area contributed by atoms with Crippen molar-refractivity contribution in [2.45, 2.75) is 52.9 Å². The summed E-state index contributed by atoms with van der Waals surface area (Å²) in [6.45, 7) is 6.45. The molecule has 0 aromatic carbocycles. The van der Waals surface area contributed by atoms with E-state index < -0.39 is 0 Å². The molecule has 0 aliphatic carbocycles. The van der Waals surface area contributed by atoms with Gasteiger partial charge in [0.2, 0.25) is 0 Å². The highest BCUT2D eigenvalue weighted by Gasteiger charge is 2.00. The molecule has 0 aliphatic heterocycles. The molecule has 0 amide bonds. The van der Waals surface area contributed by atoms with Crippen LogP contribution in [0.5, 0.6) is 0 Å². The molecule has 0 rings (SSSR count). The van der Waals surface area contributed by atoms with Crippen molar-refractivity contribution in [2.75, 3.05) is 0 Å². The van der Waals surface area contributed by atoms with E-state index in [0.717, 1.165) is 31.6 Å². The van der Waals surface area contributed by atoms with Crippen LogP contribution in [0.3, 0.4) is 0 Å². The van der Waals surface area contributed by atoms with Crippen molar-refractivity contribution in [3.05, 3.63) is 0 Å². The Morgan fingerprint density at radius 2 is 1.91 bits per heavy atom. The van der Waals surface area contributed by atoms with Crippen LogP contribution in [0.15, 0.2) is 0 Å². The van der Waals surface area contributed by atoms with Crippen molar-refractivity contribution < 1.29 is 4.79 Å². The highest BCUT2D eigenvalue weighted by molar-refractivity contribution is 5.78. The predicted molar refractivity (Wildman–Crippen MR) is 48.6 cm³/mol. The van der Waals surface area contributed by atoms with Crippen LogP contribution in [0, 0.1) is 5.92 Å². The van der Waals surface area contributed by atoms with Crippen LogP contribution >= 0.6 is 0 Å². The van der Waals surface area contributed by atoms with Gasteiger partial charge in [0.25, 0.3) is 0 Å². The van der Waals surface area contributed by atoms with Crippen LogP contribution in [-0.2, 0) is 4.79 Å². The number of carbonyl (C=O) groups is 1. The molecule has 0 saturated carbocycles. The topological polar surface area (TPSA) is 17.1 Å². The lowest BCUT2D eigenvalue weighted by Gasteiger charge is -2.02. The highest BCUT2D eigenvalue weighted by Crippen LogP contribution is 2.07. The second kappa shape index (κ2) is 6.38. The predicted octanol–water partition coefficient (Wildman–Crippen LogP) is 3.18. The van der Waals surface area contributed by atoms with Gasteiger partial charge < -0.3 is 0 Å². The zero-order valence-corrected chi connectivity index (χ0v) is 8.02. The van der Waals surface area contributed by atoms with Crippen LogP contribution in [-0.4, -0.2) is 5.78 Å². The lowest BCUT2D eigenvalue weighted by atomic mass is 10.0. The molecule has 0 aliphatic rings. The molecule has 0 saturated heterocycles. The Morgan fingerprint density at radius 1 is 1.27 bits per heavy atom. The first-order chi connectivity index (χ1) is 5.16. The van der Waals surface area contributed by atoms with E-state index in [1.807, 2.05) is 0 Å². The van der Waals surface area contributed by atoms with E-state index in [-0.39, 0.29) is 0 Å². The third-order valence-electron chi connectivity index (χ3n) is 1.77. The lowest BCUT2D eigenvalue weighted by Crippen LogP contribution is -1.97. The summed E-state index contributed by atoms with van der Waals surface area (Å²) in [6, 6.07) is 0. The molecule has 0 aromatic heterocycles. The molecule has 66 valence electrons. The number of ketones is 1. The van der Waals surface area contributed by atoms with E-state index in [4.69, 9.17) is 0 Å². The summed E-state index contributed by atoms with van der Waals surface area (Å²) in [6.07, 6.45) is 4.84. The fraction of sp³-hybridized carbons (Fsp3) is 0.900. The van der Waals surface area contributed by atoms with Crippen LogP contribution in [0.1, 0.15) is 52.9 Å². The second-order valence-corrected chi connectivity index (χ2v) is 3.57. The molecule has 0 aromatic rings. The maximum absolute atomic E-state index is 11.0. The number of rotatable bonds is 6. The van der Waals surface area contributed by atoms with E-state index >= 15 is 0 Å². The molecule has 0 radical (unpaired) electrons. The Kier molecular flexibility index (Phi) is 6.19. The van der Waals surface area contributed by atoms with E-state index in [1.165, 1.54) is 6.42 Å². The zero-order chi connectivity index (χ0) is 8.69. The lowest BCUT2D eigenvalue weighted by molar-refractivity contribution is -0.119. The fourth-order valence-corrected chi connectivity index (χ4v) is 1.11. The van der Waals surface area contributed by atoms with Crippen molar-refractivity contribution in [3.8, 4) is 0 Å². The smallest absolute Gasteiger partial charge is 0.132 e. The maximum Gasteiger partial charge on any atom is 0.132 e. The fourth-order valence-electron chi connectivity index (χ4n) is 1.11. The number of hydrogen-bond acceptors (Lipinski definition) is 1. The summed E-state index contributed by atoms with van der Waals surface area (Å²) in [7, 11) is 0. The average Bonchev–Trinajstić information content (AvgIpc) is 1.87. The summed E-state index contributed by atoms with van der Waals surface area (Å²) < 4.78 is 0. The number of hydrogen-bond donors (Lipinski definition) is 0. The van der Waals surface area contributed by atoms with Crippen molar-refractivity contribution in [1.82, 2.24) is 0 Å².